The first-order valence-electron chi connectivity index (χ1n) is 7.11. The molecule has 1 aliphatic heterocycles. The van der Waals surface area contributed by atoms with E-state index in [2.05, 4.69) is 15.2 Å². The number of aromatic nitrogens is 3. The minimum Gasteiger partial charge on any atom is -0.388 e. The molecule has 1 N–H and O–H groups in total. The first kappa shape index (κ1) is 14.6. The molecule has 3 rings (SSSR count). The van der Waals surface area contributed by atoms with Crippen LogP contribution in [0.15, 0.2) is 23.7 Å². The van der Waals surface area contributed by atoms with Crippen molar-refractivity contribution in [2.75, 3.05) is 19.8 Å². The Kier molecular flexibility index (Phi) is 4.64. The van der Waals surface area contributed by atoms with Crippen LogP contribution in [0.3, 0.4) is 0 Å². The Morgan fingerprint density at radius 2 is 2.48 bits per heavy atom. The molecule has 7 heteroatoms. The van der Waals surface area contributed by atoms with Crippen molar-refractivity contribution in [3.8, 4) is 0 Å². The van der Waals surface area contributed by atoms with Gasteiger partial charge in [-0.15, -0.1) is 16.4 Å². The van der Waals surface area contributed by atoms with Crippen molar-refractivity contribution in [3.63, 3.8) is 0 Å². The van der Waals surface area contributed by atoms with Gasteiger partial charge in [-0.2, -0.15) is 0 Å². The average molecular weight is 308 g/mol. The third-order valence-electron chi connectivity index (χ3n) is 3.89. The summed E-state index contributed by atoms with van der Waals surface area (Å²) in [7, 11) is 1.90. The Hall–Kier alpha value is -1.28. The molecule has 2 aromatic heterocycles. The monoisotopic (exact) mass is 308 g/mol. The van der Waals surface area contributed by atoms with E-state index in [1.807, 2.05) is 24.6 Å². The molecule has 0 saturated carbocycles. The fourth-order valence-corrected chi connectivity index (χ4v) is 3.36. The van der Waals surface area contributed by atoms with Crippen molar-refractivity contribution in [1.82, 2.24) is 19.9 Å². The Morgan fingerprint density at radius 3 is 3.19 bits per heavy atom. The lowest BCUT2D eigenvalue weighted by molar-refractivity contribution is -0.0305. The van der Waals surface area contributed by atoms with Crippen molar-refractivity contribution in [1.29, 1.82) is 0 Å². The maximum Gasteiger partial charge on any atom is 0.0897 e. The molecule has 1 saturated heterocycles. The Balaban J connectivity index is 1.65. The standard InChI is InChI=1S/C14H20N4O2S/c1-17-12(8-15-16-17)9-18-4-5-20-10-11(18)7-13(19)14-3-2-6-21-14/h2-3,6,8,11,13,19H,4-5,7,9-10H2,1H3. The van der Waals surface area contributed by atoms with Crippen molar-refractivity contribution in [2.45, 2.75) is 25.1 Å². The van der Waals surface area contributed by atoms with Gasteiger partial charge in [-0.3, -0.25) is 9.58 Å². The Labute approximate surface area is 128 Å². The summed E-state index contributed by atoms with van der Waals surface area (Å²) in [4.78, 5) is 3.36. The maximum absolute atomic E-state index is 10.4. The van der Waals surface area contributed by atoms with E-state index < -0.39 is 6.10 Å². The van der Waals surface area contributed by atoms with Crippen LogP contribution < -0.4 is 0 Å². The minimum atomic E-state index is -0.427. The summed E-state index contributed by atoms with van der Waals surface area (Å²) in [6.45, 7) is 3.05. The lowest BCUT2D eigenvalue weighted by Gasteiger charge is -2.36. The second kappa shape index (κ2) is 6.65. The number of ether oxygens (including phenoxy) is 1. The van der Waals surface area contributed by atoms with Gasteiger partial charge in [0, 0.05) is 31.1 Å². The highest BCUT2D eigenvalue weighted by Gasteiger charge is 2.27. The number of thiophene rings is 1. The van der Waals surface area contributed by atoms with Crippen LogP contribution in [-0.4, -0.2) is 50.8 Å². The van der Waals surface area contributed by atoms with E-state index in [0.717, 1.165) is 30.3 Å². The zero-order chi connectivity index (χ0) is 14.7. The molecular formula is C14H20N4O2S. The van der Waals surface area contributed by atoms with Gasteiger partial charge in [-0.25, -0.2) is 0 Å². The number of hydrogen-bond acceptors (Lipinski definition) is 6. The molecule has 0 bridgehead atoms. The first-order chi connectivity index (χ1) is 10.2. The molecule has 1 aliphatic rings. The Bertz CT molecular complexity index is 557. The summed E-state index contributed by atoms with van der Waals surface area (Å²) in [5, 5.41) is 20.2. The molecule has 0 amide bonds. The SMILES string of the molecule is Cn1nncc1CN1CCOCC1CC(O)c1cccs1. The van der Waals surface area contributed by atoms with Crippen LogP contribution in [0.5, 0.6) is 0 Å². The zero-order valence-electron chi connectivity index (χ0n) is 12.1. The molecule has 2 atom stereocenters. The lowest BCUT2D eigenvalue weighted by atomic mass is 10.1. The van der Waals surface area contributed by atoms with Crippen molar-refractivity contribution >= 4 is 11.3 Å². The summed E-state index contributed by atoms with van der Waals surface area (Å²) < 4.78 is 7.39. The smallest absolute Gasteiger partial charge is 0.0897 e. The lowest BCUT2D eigenvalue weighted by Crippen LogP contribution is -2.45. The predicted octanol–water partition coefficient (Wildman–Crippen LogP) is 1.20. The molecule has 114 valence electrons. The van der Waals surface area contributed by atoms with E-state index in [1.165, 1.54) is 0 Å². The van der Waals surface area contributed by atoms with E-state index >= 15 is 0 Å². The normalized spacial score (nSPS) is 21.5. The van der Waals surface area contributed by atoms with Gasteiger partial charge in [0.05, 0.1) is 31.2 Å². The molecule has 2 aromatic rings. The first-order valence-corrected chi connectivity index (χ1v) is 7.99. The van der Waals surface area contributed by atoms with Gasteiger partial charge in [0.25, 0.3) is 0 Å². The fourth-order valence-electron chi connectivity index (χ4n) is 2.63. The minimum absolute atomic E-state index is 0.214. The van der Waals surface area contributed by atoms with E-state index in [4.69, 9.17) is 4.74 Å². The number of hydrogen-bond donors (Lipinski definition) is 1. The van der Waals surface area contributed by atoms with E-state index in [1.54, 1.807) is 22.2 Å². The molecule has 6 nitrogen and oxygen atoms in total. The average Bonchev–Trinajstić information content (AvgIpc) is 3.13. The molecule has 2 unspecified atom stereocenters. The third-order valence-corrected chi connectivity index (χ3v) is 4.86. The van der Waals surface area contributed by atoms with E-state index in [0.29, 0.717) is 13.0 Å². The van der Waals surface area contributed by atoms with Crippen LogP contribution in [0, 0.1) is 0 Å². The largest absolute Gasteiger partial charge is 0.388 e. The quantitative estimate of drug-likeness (QED) is 0.899. The summed E-state index contributed by atoms with van der Waals surface area (Å²) in [6, 6.07) is 4.17. The van der Waals surface area contributed by atoms with Gasteiger partial charge >= 0.3 is 0 Å². The molecule has 0 aromatic carbocycles. The van der Waals surface area contributed by atoms with Crippen LogP contribution in [0.25, 0.3) is 0 Å². The molecule has 0 aliphatic carbocycles. The molecule has 1 fully saturated rings. The molecular weight excluding hydrogens is 288 g/mol. The van der Waals surface area contributed by atoms with Crippen LogP contribution in [0.2, 0.25) is 0 Å². The fraction of sp³-hybridized carbons (Fsp3) is 0.571. The number of morpholine rings is 1. The van der Waals surface area contributed by atoms with Crippen molar-refractivity contribution in [2.24, 2.45) is 7.05 Å². The van der Waals surface area contributed by atoms with Crippen molar-refractivity contribution < 1.29 is 9.84 Å². The van der Waals surface area contributed by atoms with Crippen LogP contribution in [0.4, 0.5) is 0 Å². The predicted molar refractivity (Wildman–Crippen MR) is 79.9 cm³/mol. The second-order valence-electron chi connectivity index (χ2n) is 5.32. The molecule has 0 spiro atoms. The maximum atomic E-state index is 10.4. The summed E-state index contributed by atoms with van der Waals surface area (Å²) in [6.07, 6.45) is 2.05. The molecule has 0 radical (unpaired) electrons. The molecule has 21 heavy (non-hydrogen) atoms. The zero-order valence-corrected chi connectivity index (χ0v) is 12.9. The van der Waals surface area contributed by atoms with Gasteiger partial charge in [0.2, 0.25) is 0 Å². The molecule has 3 heterocycles. The van der Waals surface area contributed by atoms with Gasteiger partial charge in [0.1, 0.15) is 0 Å². The topological polar surface area (TPSA) is 63.4 Å². The van der Waals surface area contributed by atoms with Crippen LogP contribution >= 0.6 is 11.3 Å². The van der Waals surface area contributed by atoms with E-state index in [9.17, 15) is 5.11 Å². The third kappa shape index (κ3) is 3.49. The summed E-state index contributed by atoms with van der Waals surface area (Å²) >= 11 is 1.60. The number of rotatable bonds is 5. The number of aryl methyl sites for hydroxylation is 1. The van der Waals surface area contributed by atoms with Crippen LogP contribution in [-0.2, 0) is 18.3 Å². The number of aliphatic hydroxyl groups is 1. The van der Waals surface area contributed by atoms with Gasteiger partial charge in [-0.05, 0) is 17.9 Å². The van der Waals surface area contributed by atoms with E-state index in [-0.39, 0.29) is 6.04 Å². The summed E-state index contributed by atoms with van der Waals surface area (Å²) in [5.41, 5.74) is 1.08. The van der Waals surface area contributed by atoms with Gasteiger partial charge < -0.3 is 9.84 Å². The van der Waals surface area contributed by atoms with Gasteiger partial charge in [-0.1, -0.05) is 11.3 Å². The highest BCUT2D eigenvalue weighted by atomic mass is 32.1. The highest BCUT2D eigenvalue weighted by molar-refractivity contribution is 7.10. The Morgan fingerprint density at radius 1 is 1.57 bits per heavy atom. The van der Waals surface area contributed by atoms with Gasteiger partial charge in [0.15, 0.2) is 0 Å². The summed E-state index contributed by atoms with van der Waals surface area (Å²) in [5.74, 6) is 0. The van der Waals surface area contributed by atoms with Crippen LogP contribution in [0.1, 0.15) is 23.1 Å². The number of nitrogens with zero attached hydrogens (tertiary/aromatic N) is 4. The number of aliphatic hydroxyl groups excluding tert-OH is 1. The highest BCUT2D eigenvalue weighted by Crippen LogP contribution is 2.26. The van der Waals surface area contributed by atoms with Crippen molar-refractivity contribution in [3.05, 3.63) is 34.3 Å². The second-order valence-corrected chi connectivity index (χ2v) is 6.29.